The van der Waals surface area contributed by atoms with Gasteiger partial charge in [-0.1, -0.05) is 0 Å². The molecule has 16 heavy (non-hydrogen) atoms. The van der Waals surface area contributed by atoms with Gasteiger partial charge in [-0.2, -0.15) is 0 Å². The van der Waals surface area contributed by atoms with Gasteiger partial charge in [-0.05, 0) is 33.8 Å². The highest BCUT2D eigenvalue weighted by molar-refractivity contribution is 5.35. The third-order valence-corrected chi connectivity index (χ3v) is 2.25. The first-order valence-corrected chi connectivity index (χ1v) is 5.64. The normalized spacial score (nSPS) is 11.6. The molecule has 4 heteroatoms. The van der Waals surface area contributed by atoms with Gasteiger partial charge in [0.25, 0.3) is 0 Å². The van der Waals surface area contributed by atoms with Gasteiger partial charge in [0.15, 0.2) is 0 Å². The quantitative estimate of drug-likeness (QED) is 0.840. The number of nitrogens with zero attached hydrogens (tertiary/aromatic N) is 3. The molecule has 0 aliphatic heterocycles. The molecule has 0 amide bonds. The van der Waals surface area contributed by atoms with Crippen molar-refractivity contribution in [1.82, 2.24) is 15.3 Å². The molecule has 0 bridgehead atoms. The zero-order valence-electron chi connectivity index (χ0n) is 10.9. The summed E-state index contributed by atoms with van der Waals surface area (Å²) < 4.78 is 0. The van der Waals surface area contributed by atoms with Crippen LogP contribution in [0.25, 0.3) is 0 Å². The minimum atomic E-state index is 0.169. The fourth-order valence-corrected chi connectivity index (χ4v) is 1.37. The second-order valence-electron chi connectivity index (χ2n) is 5.06. The second-order valence-corrected chi connectivity index (χ2v) is 5.06. The Bertz CT molecular complexity index is 330. The van der Waals surface area contributed by atoms with E-state index in [9.17, 15) is 0 Å². The van der Waals surface area contributed by atoms with Crippen LogP contribution in [0.2, 0.25) is 0 Å². The van der Waals surface area contributed by atoms with E-state index >= 15 is 0 Å². The van der Waals surface area contributed by atoms with E-state index < -0.39 is 0 Å². The lowest BCUT2D eigenvalue weighted by atomic mass is 10.1. The first kappa shape index (κ1) is 12.9. The topological polar surface area (TPSA) is 41.1 Å². The van der Waals surface area contributed by atoms with E-state index in [1.807, 2.05) is 20.0 Å². The van der Waals surface area contributed by atoms with Crippen LogP contribution in [-0.2, 0) is 0 Å². The van der Waals surface area contributed by atoms with Crippen molar-refractivity contribution < 1.29 is 0 Å². The molecule has 0 fully saturated rings. The molecule has 1 heterocycles. The van der Waals surface area contributed by atoms with Gasteiger partial charge >= 0.3 is 0 Å². The highest BCUT2D eigenvalue weighted by Gasteiger charge is 2.09. The van der Waals surface area contributed by atoms with E-state index in [2.05, 4.69) is 41.0 Å². The van der Waals surface area contributed by atoms with E-state index in [0.29, 0.717) is 0 Å². The number of hydrogen-bond acceptors (Lipinski definition) is 4. The van der Waals surface area contributed by atoms with Gasteiger partial charge in [-0.3, -0.25) is 0 Å². The summed E-state index contributed by atoms with van der Waals surface area (Å²) in [5, 5.41) is 3.45. The molecule has 0 saturated heterocycles. The van der Waals surface area contributed by atoms with Gasteiger partial charge in [-0.15, -0.1) is 0 Å². The third kappa shape index (κ3) is 4.57. The van der Waals surface area contributed by atoms with Crippen molar-refractivity contribution in [2.75, 3.05) is 25.0 Å². The molecule has 0 aromatic carbocycles. The average Bonchev–Trinajstić information content (AvgIpc) is 2.15. The summed E-state index contributed by atoms with van der Waals surface area (Å²) >= 11 is 0. The Morgan fingerprint density at radius 2 is 2.06 bits per heavy atom. The van der Waals surface area contributed by atoms with E-state index in [1.165, 1.54) is 0 Å². The van der Waals surface area contributed by atoms with Crippen molar-refractivity contribution in [1.29, 1.82) is 0 Å². The van der Waals surface area contributed by atoms with Gasteiger partial charge < -0.3 is 10.2 Å². The molecule has 0 aliphatic rings. The number of rotatable bonds is 4. The molecular weight excluding hydrogens is 200 g/mol. The van der Waals surface area contributed by atoms with Crippen molar-refractivity contribution in [2.24, 2.45) is 0 Å². The Labute approximate surface area is 98.1 Å². The highest BCUT2D eigenvalue weighted by Crippen LogP contribution is 2.06. The third-order valence-electron chi connectivity index (χ3n) is 2.25. The predicted octanol–water partition coefficient (Wildman–Crippen LogP) is 1.61. The van der Waals surface area contributed by atoms with Crippen molar-refractivity contribution in [2.45, 2.75) is 33.2 Å². The number of hydrogen-bond donors (Lipinski definition) is 1. The lowest BCUT2D eigenvalue weighted by Gasteiger charge is -2.24. The monoisotopic (exact) mass is 222 g/mol. The standard InChI is InChI=1S/C12H22N4/c1-10-13-7-6-11(15-10)16(5)9-8-14-12(2,3)4/h6-7,14H,8-9H2,1-5H3. The van der Waals surface area contributed by atoms with Crippen molar-refractivity contribution in [3.63, 3.8) is 0 Å². The minimum Gasteiger partial charge on any atom is -0.358 e. The molecule has 0 unspecified atom stereocenters. The van der Waals surface area contributed by atoms with Gasteiger partial charge in [0.05, 0.1) is 0 Å². The Hall–Kier alpha value is -1.16. The van der Waals surface area contributed by atoms with Gasteiger partial charge in [0.2, 0.25) is 0 Å². The summed E-state index contributed by atoms with van der Waals surface area (Å²) in [7, 11) is 2.05. The maximum Gasteiger partial charge on any atom is 0.132 e. The van der Waals surface area contributed by atoms with Crippen LogP contribution in [0.1, 0.15) is 26.6 Å². The highest BCUT2D eigenvalue weighted by atomic mass is 15.2. The van der Waals surface area contributed by atoms with Crippen LogP contribution in [0.15, 0.2) is 12.3 Å². The number of likely N-dealkylation sites (N-methyl/N-ethyl adjacent to an activating group) is 1. The van der Waals surface area contributed by atoms with E-state index in [0.717, 1.165) is 24.7 Å². The summed E-state index contributed by atoms with van der Waals surface area (Å²) in [6.45, 7) is 10.3. The maximum atomic E-state index is 4.38. The number of aryl methyl sites for hydroxylation is 1. The SMILES string of the molecule is Cc1nccc(N(C)CCNC(C)(C)C)n1. The lowest BCUT2D eigenvalue weighted by molar-refractivity contribution is 0.430. The molecule has 90 valence electrons. The van der Waals surface area contributed by atoms with Crippen LogP contribution in [-0.4, -0.2) is 35.6 Å². The smallest absolute Gasteiger partial charge is 0.132 e. The zero-order chi connectivity index (χ0) is 12.2. The predicted molar refractivity (Wildman–Crippen MR) is 67.8 cm³/mol. The first-order chi connectivity index (χ1) is 7.38. The van der Waals surface area contributed by atoms with Crippen LogP contribution < -0.4 is 10.2 Å². The minimum absolute atomic E-state index is 0.169. The summed E-state index contributed by atoms with van der Waals surface area (Å²) in [6.07, 6.45) is 1.80. The van der Waals surface area contributed by atoms with Crippen molar-refractivity contribution in [3.05, 3.63) is 18.1 Å². The summed E-state index contributed by atoms with van der Waals surface area (Å²) in [6, 6.07) is 1.93. The maximum absolute atomic E-state index is 4.38. The molecule has 0 radical (unpaired) electrons. The Balaban J connectivity index is 2.44. The fraction of sp³-hybridized carbons (Fsp3) is 0.667. The van der Waals surface area contributed by atoms with Crippen molar-refractivity contribution in [3.8, 4) is 0 Å². The molecule has 0 spiro atoms. The second kappa shape index (κ2) is 5.25. The molecular formula is C12H22N4. The molecule has 0 atom stereocenters. The summed E-state index contributed by atoms with van der Waals surface area (Å²) in [5.74, 6) is 1.79. The molecule has 4 nitrogen and oxygen atoms in total. The first-order valence-electron chi connectivity index (χ1n) is 5.64. The van der Waals surface area contributed by atoms with Crippen molar-refractivity contribution >= 4 is 5.82 Å². The lowest BCUT2D eigenvalue weighted by Crippen LogP contribution is -2.40. The van der Waals surface area contributed by atoms with Crippen LogP contribution in [0.4, 0.5) is 5.82 Å². The molecule has 1 rings (SSSR count). The Morgan fingerprint density at radius 3 is 2.62 bits per heavy atom. The molecule has 1 aromatic rings. The number of nitrogens with one attached hydrogen (secondary N) is 1. The van der Waals surface area contributed by atoms with Crippen LogP contribution >= 0.6 is 0 Å². The van der Waals surface area contributed by atoms with Gasteiger partial charge in [-0.25, -0.2) is 9.97 Å². The van der Waals surface area contributed by atoms with E-state index in [4.69, 9.17) is 0 Å². The van der Waals surface area contributed by atoms with E-state index in [1.54, 1.807) is 6.20 Å². The van der Waals surface area contributed by atoms with Gasteiger partial charge in [0, 0.05) is 31.9 Å². The van der Waals surface area contributed by atoms with E-state index in [-0.39, 0.29) is 5.54 Å². The van der Waals surface area contributed by atoms with Crippen LogP contribution in [0, 0.1) is 6.92 Å². The number of anilines is 1. The molecule has 1 N–H and O–H groups in total. The summed E-state index contributed by atoms with van der Waals surface area (Å²) in [4.78, 5) is 10.6. The Kier molecular flexibility index (Phi) is 4.24. The molecule has 0 saturated carbocycles. The van der Waals surface area contributed by atoms with Gasteiger partial charge in [0.1, 0.15) is 11.6 Å². The number of aromatic nitrogens is 2. The largest absolute Gasteiger partial charge is 0.358 e. The molecule has 0 aliphatic carbocycles. The summed E-state index contributed by atoms with van der Waals surface area (Å²) in [5.41, 5.74) is 0.169. The molecule has 1 aromatic heterocycles. The Morgan fingerprint density at radius 1 is 1.38 bits per heavy atom. The average molecular weight is 222 g/mol. The zero-order valence-corrected chi connectivity index (χ0v) is 10.9. The van der Waals surface area contributed by atoms with Crippen LogP contribution in [0.3, 0.4) is 0 Å². The van der Waals surface area contributed by atoms with Crippen LogP contribution in [0.5, 0.6) is 0 Å². The fourth-order valence-electron chi connectivity index (χ4n) is 1.37.